The molecule has 190 valence electrons. The van der Waals surface area contributed by atoms with Gasteiger partial charge < -0.3 is 19.7 Å². The summed E-state index contributed by atoms with van der Waals surface area (Å²) in [6.45, 7) is 0.220. The Bertz CT molecular complexity index is 1340. The van der Waals surface area contributed by atoms with Crippen molar-refractivity contribution < 1.29 is 34.1 Å². The monoisotopic (exact) mass is 502 g/mol. The number of para-hydroxylation sites is 1. The van der Waals surface area contributed by atoms with Crippen molar-refractivity contribution in [1.29, 1.82) is 0 Å². The lowest BCUT2D eigenvalue weighted by Gasteiger charge is -2.30. The Morgan fingerprint density at radius 3 is 2.35 bits per heavy atom. The third-order valence-electron chi connectivity index (χ3n) is 7.09. The number of carbonyl (C=O) groups is 3. The Labute approximate surface area is 213 Å². The minimum atomic E-state index is -1.78. The summed E-state index contributed by atoms with van der Waals surface area (Å²) in [7, 11) is 1.50. The van der Waals surface area contributed by atoms with Gasteiger partial charge in [-0.05, 0) is 29.3 Å². The van der Waals surface area contributed by atoms with Crippen LogP contribution in [-0.2, 0) is 27.4 Å². The van der Waals surface area contributed by atoms with Crippen molar-refractivity contribution in [3.63, 3.8) is 0 Å². The maximum atomic E-state index is 13.0. The summed E-state index contributed by atoms with van der Waals surface area (Å²) in [4.78, 5) is 38.9. The van der Waals surface area contributed by atoms with Crippen LogP contribution in [0.4, 0.5) is 0 Å². The van der Waals surface area contributed by atoms with Gasteiger partial charge in [-0.15, -0.1) is 0 Å². The van der Waals surface area contributed by atoms with Crippen molar-refractivity contribution in [2.45, 2.75) is 24.6 Å². The van der Waals surface area contributed by atoms with E-state index in [1.54, 1.807) is 30.3 Å². The third-order valence-corrected chi connectivity index (χ3v) is 7.09. The molecule has 0 saturated carbocycles. The van der Waals surface area contributed by atoms with Crippen molar-refractivity contribution in [1.82, 2.24) is 10.6 Å². The lowest BCUT2D eigenvalue weighted by Crippen LogP contribution is -2.57. The van der Waals surface area contributed by atoms with Gasteiger partial charge in [-0.25, -0.2) is 0 Å². The number of fused-ring (bicyclic) bond motifs is 1. The van der Waals surface area contributed by atoms with Gasteiger partial charge in [0.15, 0.2) is 11.5 Å². The zero-order valence-electron chi connectivity index (χ0n) is 20.0. The lowest BCUT2D eigenvalue weighted by molar-refractivity contribution is -0.149. The van der Waals surface area contributed by atoms with Crippen molar-refractivity contribution in [2.24, 2.45) is 11.8 Å². The van der Waals surface area contributed by atoms with E-state index in [4.69, 9.17) is 9.47 Å². The van der Waals surface area contributed by atoms with Gasteiger partial charge in [-0.1, -0.05) is 54.6 Å². The fourth-order valence-corrected chi connectivity index (χ4v) is 5.39. The van der Waals surface area contributed by atoms with Gasteiger partial charge in [0.25, 0.3) is 0 Å². The molecule has 0 radical (unpaired) electrons. The molecule has 0 aliphatic carbocycles. The first-order valence-corrected chi connectivity index (χ1v) is 11.8. The molecule has 0 aromatic heterocycles. The van der Waals surface area contributed by atoms with E-state index < -0.39 is 41.2 Å². The first kappa shape index (κ1) is 24.3. The van der Waals surface area contributed by atoms with Gasteiger partial charge in [0.2, 0.25) is 11.8 Å². The lowest BCUT2D eigenvalue weighted by atomic mass is 9.76. The number of carboxylic acid groups (broad SMARTS) is 1. The molecule has 9 heteroatoms. The van der Waals surface area contributed by atoms with Crippen LogP contribution in [0.1, 0.15) is 22.7 Å². The van der Waals surface area contributed by atoms with E-state index in [0.29, 0.717) is 22.6 Å². The minimum Gasteiger partial charge on any atom is -0.508 e. The van der Waals surface area contributed by atoms with Crippen LogP contribution in [0.3, 0.4) is 0 Å². The van der Waals surface area contributed by atoms with Gasteiger partial charge in [-0.3, -0.25) is 25.0 Å². The number of methoxy groups -OCH3 is 1. The molecule has 3 aromatic rings. The molecule has 2 heterocycles. The van der Waals surface area contributed by atoms with Crippen molar-refractivity contribution >= 4 is 17.8 Å². The molecular weight excluding hydrogens is 476 g/mol. The number of hydrogen-bond donors (Lipinski definition) is 4. The number of carbonyl (C=O) groups excluding carboxylic acids is 2. The first-order valence-electron chi connectivity index (χ1n) is 11.8. The second-order valence-corrected chi connectivity index (χ2v) is 9.25. The summed E-state index contributed by atoms with van der Waals surface area (Å²) in [5.74, 6) is -3.76. The number of imide groups is 1. The summed E-state index contributed by atoms with van der Waals surface area (Å²) in [5, 5.41) is 25.6. The van der Waals surface area contributed by atoms with E-state index in [-0.39, 0.29) is 18.8 Å². The van der Waals surface area contributed by atoms with E-state index >= 15 is 0 Å². The molecule has 0 bridgehead atoms. The summed E-state index contributed by atoms with van der Waals surface area (Å²) >= 11 is 0. The minimum absolute atomic E-state index is 0.0358. The second kappa shape index (κ2) is 9.59. The average Bonchev–Trinajstić information content (AvgIpc) is 3.40. The summed E-state index contributed by atoms with van der Waals surface area (Å²) < 4.78 is 11.7. The summed E-state index contributed by atoms with van der Waals surface area (Å²) in [5.41, 5.74) is 0.245. The Kier molecular flexibility index (Phi) is 6.31. The number of aliphatic carboxylic acids is 1. The van der Waals surface area contributed by atoms with E-state index in [1.807, 2.05) is 30.3 Å². The summed E-state index contributed by atoms with van der Waals surface area (Å²) in [6, 6.07) is 20.0. The maximum absolute atomic E-state index is 13.0. The number of carboxylic acids is 1. The SMILES string of the molecule is COc1cccc(C2NC(Cc3ccc(O)cc3)(C(=O)O)C3C(=O)NC(=O)C23)c1OCc1ccccc1. The predicted octanol–water partition coefficient (Wildman–Crippen LogP) is 2.58. The maximum Gasteiger partial charge on any atom is 0.325 e. The standard InChI is InChI=1S/C28H26N2O7/c1-36-20-9-5-8-19(24(20)37-15-17-6-3-2-4-7-17)23-21-22(26(33)29-25(21)32)28(30-23,27(34)35)14-16-10-12-18(31)13-11-16/h2-13,21-23,30-31H,14-15H2,1H3,(H,34,35)(H,29,32,33). The van der Waals surface area contributed by atoms with Crippen LogP contribution < -0.4 is 20.1 Å². The van der Waals surface area contributed by atoms with Gasteiger partial charge >= 0.3 is 5.97 Å². The molecule has 9 nitrogen and oxygen atoms in total. The van der Waals surface area contributed by atoms with Crippen LogP contribution in [0.25, 0.3) is 0 Å². The molecule has 2 saturated heterocycles. The Hall–Kier alpha value is -4.37. The topological polar surface area (TPSA) is 134 Å². The summed E-state index contributed by atoms with van der Waals surface area (Å²) in [6.07, 6.45) is -0.0782. The van der Waals surface area contributed by atoms with E-state index in [1.165, 1.54) is 19.2 Å². The Morgan fingerprint density at radius 1 is 0.946 bits per heavy atom. The highest BCUT2D eigenvalue weighted by molar-refractivity contribution is 6.09. The molecule has 2 aliphatic rings. The Balaban J connectivity index is 1.58. The van der Waals surface area contributed by atoms with Crippen LogP contribution in [0, 0.1) is 11.8 Å². The van der Waals surface area contributed by atoms with E-state index in [0.717, 1.165) is 5.56 Å². The number of phenolic OH excluding ortho intramolecular Hbond substituents is 1. The molecule has 2 aliphatic heterocycles. The number of benzene rings is 3. The molecule has 2 amide bonds. The van der Waals surface area contributed by atoms with E-state index in [9.17, 15) is 24.6 Å². The molecule has 5 rings (SSSR count). The smallest absolute Gasteiger partial charge is 0.325 e. The molecular formula is C28H26N2O7. The predicted molar refractivity (Wildman–Crippen MR) is 132 cm³/mol. The third kappa shape index (κ3) is 4.27. The molecule has 0 spiro atoms. The van der Waals surface area contributed by atoms with Gasteiger partial charge in [-0.2, -0.15) is 0 Å². The number of aromatic hydroxyl groups is 1. The number of nitrogens with one attached hydrogen (secondary N) is 2. The normalized spacial score (nSPS) is 24.4. The highest BCUT2D eigenvalue weighted by atomic mass is 16.5. The average molecular weight is 503 g/mol. The fourth-order valence-electron chi connectivity index (χ4n) is 5.39. The quantitative estimate of drug-likeness (QED) is 0.346. The molecule has 2 fully saturated rings. The van der Waals surface area contributed by atoms with Crippen LogP contribution in [-0.4, -0.2) is 40.6 Å². The molecule has 37 heavy (non-hydrogen) atoms. The Morgan fingerprint density at radius 2 is 1.68 bits per heavy atom. The number of hydrogen-bond acceptors (Lipinski definition) is 7. The molecule has 4 N–H and O–H groups in total. The van der Waals surface area contributed by atoms with Crippen LogP contribution >= 0.6 is 0 Å². The zero-order chi connectivity index (χ0) is 26.2. The van der Waals surface area contributed by atoms with Crippen LogP contribution in [0.2, 0.25) is 0 Å². The van der Waals surface area contributed by atoms with Crippen molar-refractivity contribution in [3.05, 3.63) is 89.5 Å². The second-order valence-electron chi connectivity index (χ2n) is 9.25. The molecule has 3 aromatic carbocycles. The first-order chi connectivity index (χ1) is 17.8. The largest absolute Gasteiger partial charge is 0.508 e. The molecule has 4 atom stereocenters. The number of ether oxygens (including phenoxy) is 2. The van der Waals surface area contributed by atoms with Crippen molar-refractivity contribution in [2.75, 3.05) is 7.11 Å². The number of phenols is 1. The number of rotatable bonds is 8. The number of amides is 2. The van der Waals surface area contributed by atoms with Gasteiger partial charge in [0, 0.05) is 18.0 Å². The highest BCUT2D eigenvalue weighted by Crippen LogP contribution is 2.50. The van der Waals surface area contributed by atoms with Gasteiger partial charge in [0.1, 0.15) is 17.9 Å². The van der Waals surface area contributed by atoms with E-state index in [2.05, 4.69) is 10.6 Å². The fraction of sp³-hybridized carbons (Fsp3) is 0.250. The van der Waals surface area contributed by atoms with Crippen LogP contribution in [0.15, 0.2) is 72.8 Å². The van der Waals surface area contributed by atoms with Gasteiger partial charge in [0.05, 0.1) is 18.9 Å². The highest BCUT2D eigenvalue weighted by Gasteiger charge is 2.66. The van der Waals surface area contributed by atoms with Crippen LogP contribution in [0.5, 0.6) is 17.2 Å². The molecule has 4 unspecified atom stereocenters. The van der Waals surface area contributed by atoms with Crippen molar-refractivity contribution in [3.8, 4) is 17.2 Å². The zero-order valence-corrected chi connectivity index (χ0v) is 20.0.